The highest BCUT2D eigenvalue weighted by atomic mass is 16.4. The number of phenolic OH excluding ortho intramolecular Hbond substituents is 12. The predicted molar refractivity (Wildman–Crippen MR) is 228 cm³/mol. The second-order valence-corrected chi connectivity index (χ2v) is 14.6. The van der Waals surface area contributed by atoms with Gasteiger partial charge in [0.25, 0.3) is 0 Å². The molecule has 0 unspecified atom stereocenters. The Kier molecular flexibility index (Phi) is 7.68. The molecule has 13 nitrogen and oxygen atoms in total. The average molecular weight is 815 g/mol. The topological polar surface area (TPSA) is 256 Å². The molecule has 0 fully saturated rings. The van der Waals surface area contributed by atoms with Crippen molar-refractivity contribution in [3.63, 3.8) is 0 Å². The van der Waals surface area contributed by atoms with Crippen LogP contribution in [-0.4, -0.2) is 61.3 Å². The summed E-state index contributed by atoms with van der Waals surface area (Å²) in [7, 11) is 0. The first kappa shape index (κ1) is 36.5. The van der Waals surface area contributed by atoms with Crippen molar-refractivity contribution in [2.75, 3.05) is 0 Å². The summed E-state index contributed by atoms with van der Waals surface area (Å²) >= 11 is 0. The average Bonchev–Trinajstić information content (AvgIpc) is 3.65. The maximum Gasteiger partial charge on any atom is 0.208 e. The molecule has 0 saturated carbocycles. The number of hydrogen-bond acceptors (Lipinski definition) is 13. The van der Waals surface area contributed by atoms with Gasteiger partial charge in [0.15, 0.2) is 34.5 Å². The molecule has 0 spiro atoms. The number of rotatable bonds is 4. The van der Waals surface area contributed by atoms with Gasteiger partial charge in [-0.1, -0.05) is 84.9 Å². The van der Waals surface area contributed by atoms with Gasteiger partial charge in [-0.15, -0.1) is 0 Å². The third-order valence-corrected chi connectivity index (χ3v) is 11.4. The second kappa shape index (κ2) is 12.8. The Morgan fingerprint density at radius 1 is 0.246 bits per heavy atom. The van der Waals surface area contributed by atoms with Crippen LogP contribution >= 0.6 is 0 Å². The highest BCUT2D eigenvalue weighted by Gasteiger charge is 2.31. The molecule has 61 heavy (non-hydrogen) atoms. The van der Waals surface area contributed by atoms with Crippen molar-refractivity contribution >= 4 is 54.3 Å². The first-order chi connectivity index (χ1) is 29.3. The minimum absolute atomic E-state index is 0.0228. The van der Waals surface area contributed by atoms with E-state index >= 15 is 0 Å². The van der Waals surface area contributed by atoms with Gasteiger partial charge in [-0.2, -0.15) is 0 Å². The second-order valence-electron chi connectivity index (χ2n) is 14.6. The van der Waals surface area contributed by atoms with E-state index < -0.39 is 85.3 Å². The van der Waals surface area contributed by atoms with Crippen LogP contribution in [0.15, 0.2) is 114 Å². The van der Waals surface area contributed by atoms with E-state index in [9.17, 15) is 61.3 Å². The SMILES string of the molecule is Oc1c(O)c(O)c(-c2c3ccccc3c(-c3ccc(-c4ccc5oc6ccccc6c5c4)cc3)c3cc(-c4c(O)c(O)c(O)c5c(O)c(O)c(O)c(O)c45)ccc23)c(O)c1O. The number of furan rings is 1. The molecule has 0 aliphatic rings. The molecule has 0 bridgehead atoms. The number of phenols is 12. The van der Waals surface area contributed by atoms with Crippen LogP contribution in [0, 0.1) is 0 Å². The molecule has 0 atom stereocenters. The first-order valence-electron chi connectivity index (χ1n) is 18.5. The van der Waals surface area contributed by atoms with Crippen molar-refractivity contribution < 1.29 is 65.7 Å². The van der Waals surface area contributed by atoms with Crippen molar-refractivity contribution in [3.8, 4) is 114 Å². The summed E-state index contributed by atoms with van der Waals surface area (Å²) in [5.41, 5.74) is 3.73. The summed E-state index contributed by atoms with van der Waals surface area (Å²) in [5.74, 6) is -13.0. The van der Waals surface area contributed by atoms with E-state index in [1.54, 1.807) is 24.3 Å². The Balaban J connectivity index is 1.29. The molecule has 0 aliphatic heterocycles. The quantitative estimate of drug-likeness (QED) is 0.0449. The molecule has 0 amide bonds. The van der Waals surface area contributed by atoms with E-state index in [1.165, 1.54) is 18.2 Å². The van der Waals surface area contributed by atoms with Gasteiger partial charge in [-0.25, -0.2) is 0 Å². The van der Waals surface area contributed by atoms with Crippen LogP contribution in [0.1, 0.15) is 0 Å². The smallest absolute Gasteiger partial charge is 0.208 e. The normalized spacial score (nSPS) is 11.7. The summed E-state index contributed by atoms with van der Waals surface area (Å²) in [6.45, 7) is 0. The third-order valence-electron chi connectivity index (χ3n) is 11.4. The van der Waals surface area contributed by atoms with E-state index in [2.05, 4.69) is 0 Å². The summed E-state index contributed by atoms with van der Waals surface area (Å²) in [6.07, 6.45) is 0. The molecule has 10 aromatic rings. The summed E-state index contributed by atoms with van der Waals surface area (Å²) in [5, 5.41) is 132. The Morgan fingerprint density at radius 2 is 0.672 bits per heavy atom. The van der Waals surface area contributed by atoms with Gasteiger partial charge < -0.3 is 65.7 Å². The predicted octanol–water partition coefficient (Wildman–Crippen LogP) is 10.2. The van der Waals surface area contributed by atoms with E-state index in [4.69, 9.17) is 4.42 Å². The van der Waals surface area contributed by atoms with E-state index in [0.717, 1.165) is 33.1 Å². The van der Waals surface area contributed by atoms with Crippen molar-refractivity contribution in [2.24, 2.45) is 0 Å². The molecule has 1 heterocycles. The number of fused-ring (bicyclic) bond motifs is 6. The Hall–Kier alpha value is -8.84. The molecule has 0 saturated heterocycles. The van der Waals surface area contributed by atoms with Crippen molar-refractivity contribution in [2.45, 2.75) is 0 Å². The molecule has 10 rings (SSSR count). The molecule has 1 aromatic heterocycles. The maximum atomic E-state index is 11.4. The third kappa shape index (κ3) is 5.01. The molecule has 9 aromatic carbocycles. The zero-order valence-corrected chi connectivity index (χ0v) is 31.2. The number of benzene rings is 9. The molecule has 0 radical (unpaired) electrons. The van der Waals surface area contributed by atoms with Gasteiger partial charge in [-0.3, -0.25) is 0 Å². The summed E-state index contributed by atoms with van der Waals surface area (Å²) in [4.78, 5) is 0. The standard InChI is InChI=1S/C48H30O13/c49-37-32(34-36(41(53)43(37)55)42(54)45(57)44(56)38(34)50)22-13-15-26-28(18-22)31(24-6-1-2-7-25(24)33(26)35-39(51)46(58)48(60)47(59)40(35)52)20-11-9-19(10-12-20)21-14-16-30-27(17-21)23-5-3-4-8-29(23)61-30/h1-18,49-60H. The summed E-state index contributed by atoms with van der Waals surface area (Å²) in [6, 6.07) is 32.5. The largest absolute Gasteiger partial charge is 0.504 e. The van der Waals surface area contributed by atoms with Crippen LogP contribution in [0.25, 0.3) is 98.8 Å². The van der Waals surface area contributed by atoms with Crippen molar-refractivity contribution in [3.05, 3.63) is 109 Å². The molecule has 13 heteroatoms. The lowest BCUT2D eigenvalue weighted by molar-refractivity contribution is 0.330. The monoisotopic (exact) mass is 814 g/mol. The van der Waals surface area contributed by atoms with E-state index in [0.29, 0.717) is 27.3 Å². The van der Waals surface area contributed by atoms with E-state index in [1.807, 2.05) is 66.7 Å². The fraction of sp³-hybridized carbons (Fsp3) is 0. The minimum Gasteiger partial charge on any atom is -0.504 e. The molecule has 12 N–H and O–H groups in total. The van der Waals surface area contributed by atoms with Gasteiger partial charge in [-0.05, 0) is 73.6 Å². The van der Waals surface area contributed by atoms with Crippen LogP contribution in [0.5, 0.6) is 69.0 Å². The molecule has 300 valence electrons. The van der Waals surface area contributed by atoms with Gasteiger partial charge in [0.1, 0.15) is 11.2 Å². The van der Waals surface area contributed by atoms with Crippen LogP contribution in [0.3, 0.4) is 0 Å². The van der Waals surface area contributed by atoms with Gasteiger partial charge in [0.2, 0.25) is 34.5 Å². The minimum atomic E-state index is -1.20. The van der Waals surface area contributed by atoms with Crippen LogP contribution in [0.4, 0.5) is 0 Å². The van der Waals surface area contributed by atoms with Crippen molar-refractivity contribution in [1.82, 2.24) is 0 Å². The Labute approximate surface area is 341 Å². The number of aromatic hydroxyl groups is 12. The van der Waals surface area contributed by atoms with Gasteiger partial charge in [0, 0.05) is 27.3 Å². The van der Waals surface area contributed by atoms with Crippen LogP contribution in [0.2, 0.25) is 0 Å². The van der Waals surface area contributed by atoms with E-state index in [-0.39, 0.29) is 22.1 Å². The lowest BCUT2D eigenvalue weighted by atomic mass is 9.83. The fourth-order valence-electron chi connectivity index (χ4n) is 8.49. The maximum absolute atomic E-state index is 11.4. The molecular weight excluding hydrogens is 785 g/mol. The fourth-order valence-corrected chi connectivity index (χ4v) is 8.49. The summed E-state index contributed by atoms with van der Waals surface area (Å²) < 4.78 is 6.02. The Morgan fingerprint density at radius 3 is 1.33 bits per heavy atom. The zero-order chi connectivity index (χ0) is 42.8. The van der Waals surface area contributed by atoms with Crippen molar-refractivity contribution in [1.29, 1.82) is 0 Å². The molecular formula is C48H30O13. The lowest BCUT2D eigenvalue weighted by Gasteiger charge is -2.21. The first-order valence-corrected chi connectivity index (χ1v) is 18.5. The zero-order valence-electron chi connectivity index (χ0n) is 31.2. The van der Waals surface area contributed by atoms with Crippen LogP contribution < -0.4 is 0 Å². The highest BCUT2D eigenvalue weighted by Crippen LogP contribution is 2.61. The lowest BCUT2D eigenvalue weighted by Crippen LogP contribution is -1.94. The Bertz CT molecular complexity index is 3510. The van der Waals surface area contributed by atoms with Gasteiger partial charge >= 0.3 is 0 Å². The number of hydrogen-bond donors (Lipinski definition) is 12. The molecule has 0 aliphatic carbocycles. The number of para-hydroxylation sites is 1. The van der Waals surface area contributed by atoms with Gasteiger partial charge in [0.05, 0.1) is 10.9 Å². The highest BCUT2D eigenvalue weighted by molar-refractivity contribution is 6.24. The van der Waals surface area contributed by atoms with Crippen LogP contribution in [-0.2, 0) is 0 Å².